The van der Waals surface area contributed by atoms with Crippen LogP contribution in [0, 0.1) is 23.2 Å². The molecule has 76 valence electrons. The third-order valence-electron chi connectivity index (χ3n) is 4.37. The van der Waals surface area contributed by atoms with Crippen LogP contribution in [-0.4, -0.2) is 13.1 Å². The van der Waals surface area contributed by atoms with Gasteiger partial charge in [-0.2, -0.15) is 0 Å². The zero-order valence-corrected chi connectivity index (χ0v) is 9.27. The van der Waals surface area contributed by atoms with Crippen molar-refractivity contribution in [2.75, 3.05) is 13.1 Å². The minimum absolute atomic E-state index is 0.666. The van der Waals surface area contributed by atoms with E-state index in [1.807, 2.05) is 0 Å². The Labute approximate surface area is 82.3 Å². The zero-order chi connectivity index (χ0) is 9.47. The Morgan fingerprint density at radius 3 is 2.54 bits per heavy atom. The maximum absolute atomic E-state index is 3.55. The van der Waals surface area contributed by atoms with Gasteiger partial charge in [0.2, 0.25) is 0 Å². The van der Waals surface area contributed by atoms with E-state index in [-0.39, 0.29) is 0 Å². The van der Waals surface area contributed by atoms with Gasteiger partial charge in [0, 0.05) is 0 Å². The first-order chi connectivity index (χ1) is 6.14. The molecular formula is C12H23N. The summed E-state index contributed by atoms with van der Waals surface area (Å²) in [6.07, 6.45) is 4.40. The summed E-state index contributed by atoms with van der Waals surface area (Å²) in [4.78, 5) is 0. The molecular weight excluding hydrogens is 158 g/mol. The van der Waals surface area contributed by atoms with E-state index < -0.39 is 0 Å². The molecule has 0 aromatic carbocycles. The fraction of sp³-hybridized carbons (Fsp3) is 1.00. The molecule has 13 heavy (non-hydrogen) atoms. The predicted molar refractivity (Wildman–Crippen MR) is 56.6 cm³/mol. The largest absolute Gasteiger partial charge is 0.316 e. The molecule has 1 saturated heterocycles. The Morgan fingerprint density at radius 2 is 2.00 bits per heavy atom. The fourth-order valence-electron chi connectivity index (χ4n) is 3.28. The number of piperidine rings is 1. The average Bonchev–Trinajstić information content (AvgIpc) is 2.86. The first-order valence-corrected chi connectivity index (χ1v) is 5.85. The van der Waals surface area contributed by atoms with Crippen LogP contribution in [-0.2, 0) is 0 Å². The van der Waals surface area contributed by atoms with Crippen molar-refractivity contribution in [3.63, 3.8) is 0 Å². The van der Waals surface area contributed by atoms with E-state index in [1.54, 1.807) is 0 Å². The van der Waals surface area contributed by atoms with E-state index in [4.69, 9.17) is 0 Å². The van der Waals surface area contributed by atoms with Crippen LogP contribution in [0.2, 0.25) is 0 Å². The molecule has 1 nitrogen and oxygen atoms in total. The molecule has 2 aliphatic rings. The lowest BCUT2D eigenvalue weighted by atomic mass is 9.65. The Bertz CT molecular complexity index is 184. The molecule has 1 aliphatic carbocycles. The second-order valence-electron chi connectivity index (χ2n) is 5.58. The molecule has 2 rings (SSSR count). The molecule has 1 saturated carbocycles. The van der Waals surface area contributed by atoms with Gasteiger partial charge < -0.3 is 5.32 Å². The highest BCUT2D eigenvalue weighted by Gasteiger charge is 2.48. The van der Waals surface area contributed by atoms with Gasteiger partial charge >= 0.3 is 0 Å². The molecule has 1 heterocycles. The second-order valence-corrected chi connectivity index (χ2v) is 5.58. The van der Waals surface area contributed by atoms with E-state index >= 15 is 0 Å². The third kappa shape index (κ3) is 1.63. The van der Waals surface area contributed by atoms with Crippen LogP contribution < -0.4 is 5.32 Å². The molecule has 2 unspecified atom stereocenters. The second kappa shape index (κ2) is 3.27. The standard InChI is InChI=1S/C12H23N/c1-9(2)11-8-13-7-6-12(11,3)10-4-5-10/h9-11,13H,4-8H2,1-3H3. The van der Waals surface area contributed by atoms with Gasteiger partial charge in [0.25, 0.3) is 0 Å². The van der Waals surface area contributed by atoms with Crippen LogP contribution in [0.25, 0.3) is 0 Å². The summed E-state index contributed by atoms with van der Waals surface area (Å²) in [6, 6.07) is 0. The fourth-order valence-corrected chi connectivity index (χ4v) is 3.28. The maximum Gasteiger partial charge on any atom is -0.00127 e. The number of hydrogen-bond donors (Lipinski definition) is 1. The quantitative estimate of drug-likeness (QED) is 0.690. The lowest BCUT2D eigenvalue weighted by Crippen LogP contribution is -2.47. The lowest BCUT2D eigenvalue weighted by molar-refractivity contribution is 0.0663. The minimum atomic E-state index is 0.666. The van der Waals surface area contributed by atoms with E-state index in [9.17, 15) is 0 Å². The highest BCUT2D eigenvalue weighted by molar-refractivity contribution is 4.99. The van der Waals surface area contributed by atoms with Gasteiger partial charge in [0.1, 0.15) is 0 Å². The summed E-state index contributed by atoms with van der Waals surface area (Å²) >= 11 is 0. The van der Waals surface area contributed by atoms with Gasteiger partial charge in [-0.05, 0) is 55.5 Å². The zero-order valence-electron chi connectivity index (χ0n) is 9.27. The van der Waals surface area contributed by atoms with Gasteiger partial charge in [-0.15, -0.1) is 0 Å². The van der Waals surface area contributed by atoms with Gasteiger partial charge in [0.05, 0.1) is 0 Å². The average molecular weight is 181 g/mol. The van der Waals surface area contributed by atoms with E-state index in [2.05, 4.69) is 26.1 Å². The summed E-state index contributed by atoms with van der Waals surface area (Å²) in [6.45, 7) is 9.81. The van der Waals surface area contributed by atoms with Crippen molar-refractivity contribution < 1.29 is 0 Å². The van der Waals surface area contributed by atoms with Crippen LogP contribution in [0.15, 0.2) is 0 Å². The van der Waals surface area contributed by atoms with Crippen molar-refractivity contribution in [3.05, 3.63) is 0 Å². The van der Waals surface area contributed by atoms with Crippen molar-refractivity contribution in [2.45, 2.75) is 40.0 Å². The van der Waals surface area contributed by atoms with Gasteiger partial charge in [0.15, 0.2) is 0 Å². The van der Waals surface area contributed by atoms with Gasteiger partial charge in [-0.1, -0.05) is 20.8 Å². The minimum Gasteiger partial charge on any atom is -0.316 e. The number of rotatable bonds is 2. The molecule has 0 aromatic heterocycles. The Balaban J connectivity index is 2.11. The van der Waals surface area contributed by atoms with Crippen LogP contribution >= 0.6 is 0 Å². The normalized spacial score (nSPS) is 41.1. The summed E-state index contributed by atoms with van der Waals surface area (Å²) in [7, 11) is 0. The Hall–Kier alpha value is -0.0400. The van der Waals surface area contributed by atoms with Crippen molar-refractivity contribution in [1.82, 2.24) is 5.32 Å². The van der Waals surface area contributed by atoms with Crippen LogP contribution in [0.1, 0.15) is 40.0 Å². The molecule has 0 bridgehead atoms. The van der Waals surface area contributed by atoms with E-state index in [1.165, 1.54) is 32.4 Å². The molecule has 2 fully saturated rings. The SMILES string of the molecule is CC(C)C1CNCCC1(C)C1CC1. The summed E-state index contributed by atoms with van der Waals surface area (Å²) < 4.78 is 0. The Morgan fingerprint density at radius 1 is 1.31 bits per heavy atom. The smallest absolute Gasteiger partial charge is 0.00127 e. The molecule has 1 heteroatoms. The van der Waals surface area contributed by atoms with Gasteiger partial charge in [-0.3, -0.25) is 0 Å². The van der Waals surface area contributed by atoms with Crippen molar-refractivity contribution in [1.29, 1.82) is 0 Å². The molecule has 0 radical (unpaired) electrons. The number of hydrogen-bond acceptors (Lipinski definition) is 1. The summed E-state index contributed by atoms with van der Waals surface area (Å²) in [5, 5.41) is 3.55. The molecule has 1 aliphatic heterocycles. The maximum atomic E-state index is 3.55. The molecule has 1 N–H and O–H groups in total. The highest BCUT2D eigenvalue weighted by atomic mass is 14.9. The van der Waals surface area contributed by atoms with Crippen molar-refractivity contribution in [2.24, 2.45) is 23.2 Å². The topological polar surface area (TPSA) is 12.0 Å². The van der Waals surface area contributed by atoms with Crippen LogP contribution in [0.4, 0.5) is 0 Å². The molecule has 0 aromatic rings. The predicted octanol–water partition coefficient (Wildman–Crippen LogP) is 2.67. The number of nitrogens with one attached hydrogen (secondary N) is 1. The molecule has 0 amide bonds. The van der Waals surface area contributed by atoms with Crippen LogP contribution in [0.5, 0.6) is 0 Å². The first kappa shape index (κ1) is 9.51. The third-order valence-corrected chi connectivity index (χ3v) is 4.37. The monoisotopic (exact) mass is 181 g/mol. The summed E-state index contributed by atoms with van der Waals surface area (Å²) in [5.41, 5.74) is 0.666. The van der Waals surface area contributed by atoms with E-state index in [0.29, 0.717) is 5.41 Å². The van der Waals surface area contributed by atoms with Crippen molar-refractivity contribution >= 4 is 0 Å². The van der Waals surface area contributed by atoms with Crippen molar-refractivity contribution in [3.8, 4) is 0 Å². The lowest BCUT2D eigenvalue weighted by Gasteiger charge is -2.44. The van der Waals surface area contributed by atoms with Gasteiger partial charge in [-0.25, -0.2) is 0 Å². The molecule has 2 atom stereocenters. The highest BCUT2D eigenvalue weighted by Crippen LogP contribution is 2.54. The molecule has 0 spiro atoms. The van der Waals surface area contributed by atoms with E-state index in [0.717, 1.165) is 17.8 Å². The Kier molecular flexibility index (Phi) is 2.39. The van der Waals surface area contributed by atoms with Crippen LogP contribution in [0.3, 0.4) is 0 Å². The first-order valence-electron chi connectivity index (χ1n) is 5.85. The summed E-state index contributed by atoms with van der Waals surface area (Å²) in [5.74, 6) is 2.81.